The second kappa shape index (κ2) is 9.80. The molecular weight excluding hydrogens is 400 g/mol. The molecule has 0 bridgehead atoms. The van der Waals surface area contributed by atoms with E-state index in [0.29, 0.717) is 22.9 Å². The lowest BCUT2D eigenvalue weighted by Gasteiger charge is -2.30. The van der Waals surface area contributed by atoms with Gasteiger partial charge >= 0.3 is 0 Å². The fraction of sp³-hybridized carbons (Fsp3) is 0.350. The molecule has 0 aliphatic heterocycles. The highest BCUT2D eigenvalue weighted by Gasteiger charge is 2.31. The summed E-state index contributed by atoms with van der Waals surface area (Å²) in [6.45, 7) is 4.21. The Hall–Kier alpha value is -2.25. The predicted molar refractivity (Wildman–Crippen MR) is 113 cm³/mol. The molecule has 0 unspecified atom stereocenters. The molecule has 2 aromatic carbocycles. The fourth-order valence-electron chi connectivity index (χ4n) is 2.74. The molecule has 0 saturated heterocycles. The summed E-state index contributed by atoms with van der Waals surface area (Å²) in [4.78, 5) is 12.7. The molecule has 28 heavy (non-hydrogen) atoms. The van der Waals surface area contributed by atoms with Crippen LogP contribution in [0.5, 0.6) is 5.75 Å². The van der Waals surface area contributed by atoms with E-state index in [4.69, 9.17) is 16.3 Å². The Morgan fingerprint density at radius 1 is 1.14 bits per heavy atom. The number of benzene rings is 2. The van der Waals surface area contributed by atoms with Gasteiger partial charge in [-0.05, 0) is 49.7 Å². The average molecular weight is 425 g/mol. The summed E-state index contributed by atoms with van der Waals surface area (Å²) in [6.07, 6.45) is 1.44. The molecule has 0 radical (unpaired) electrons. The Labute approximate surface area is 171 Å². The molecule has 8 heteroatoms. The van der Waals surface area contributed by atoms with E-state index in [1.807, 2.05) is 19.1 Å². The van der Waals surface area contributed by atoms with Crippen LogP contribution in [-0.4, -0.2) is 39.8 Å². The van der Waals surface area contributed by atoms with E-state index in [0.717, 1.165) is 11.8 Å². The number of amides is 1. The van der Waals surface area contributed by atoms with Gasteiger partial charge in [0.2, 0.25) is 15.9 Å². The highest BCUT2D eigenvalue weighted by molar-refractivity contribution is 7.92. The van der Waals surface area contributed by atoms with Crippen molar-refractivity contribution < 1.29 is 17.9 Å². The highest BCUT2D eigenvalue weighted by atomic mass is 35.5. The lowest BCUT2D eigenvalue weighted by atomic mass is 10.1. The average Bonchev–Trinajstić information content (AvgIpc) is 2.64. The number of aryl methyl sites for hydroxylation is 1. The van der Waals surface area contributed by atoms with Crippen LogP contribution in [0.4, 0.5) is 5.69 Å². The molecule has 0 heterocycles. The fourth-order valence-corrected chi connectivity index (χ4v) is 4.08. The molecule has 6 nitrogen and oxygen atoms in total. The number of rotatable bonds is 9. The normalized spacial score (nSPS) is 12.3. The van der Waals surface area contributed by atoms with Gasteiger partial charge in [-0.1, -0.05) is 36.2 Å². The maximum atomic E-state index is 12.7. The van der Waals surface area contributed by atoms with Crippen molar-refractivity contribution in [3.8, 4) is 5.75 Å². The van der Waals surface area contributed by atoms with Gasteiger partial charge in [0.25, 0.3) is 0 Å². The van der Waals surface area contributed by atoms with Crippen molar-refractivity contribution in [3.63, 3.8) is 0 Å². The van der Waals surface area contributed by atoms with Crippen molar-refractivity contribution in [1.29, 1.82) is 0 Å². The molecule has 1 atom stereocenters. The van der Waals surface area contributed by atoms with Crippen molar-refractivity contribution in [1.82, 2.24) is 5.32 Å². The van der Waals surface area contributed by atoms with Gasteiger partial charge in [-0.25, -0.2) is 8.42 Å². The minimum atomic E-state index is -3.64. The van der Waals surface area contributed by atoms with E-state index in [2.05, 4.69) is 5.32 Å². The van der Waals surface area contributed by atoms with Crippen LogP contribution in [0.15, 0.2) is 48.5 Å². The second-order valence-electron chi connectivity index (χ2n) is 6.41. The van der Waals surface area contributed by atoms with Crippen LogP contribution in [-0.2, 0) is 14.8 Å². The van der Waals surface area contributed by atoms with Gasteiger partial charge in [0.1, 0.15) is 18.4 Å². The molecule has 2 aromatic rings. The Bertz CT molecular complexity index is 883. The summed E-state index contributed by atoms with van der Waals surface area (Å²) >= 11 is 5.82. The molecule has 152 valence electrons. The zero-order chi connectivity index (χ0) is 20.7. The standard InChI is InChI=1S/C20H25ClN2O4S/c1-4-19(23(28(3,25)26)17-9-5-15(2)6-10-17)20(24)22-13-14-27-18-11-7-16(21)8-12-18/h5-12,19H,4,13-14H2,1-3H3,(H,22,24)/t19-/m0/s1. The van der Waals surface area contributed by atoms with Gasteiger partial charge in [-0.15, -0.1) is 0 Å². The lowest BCUT2D eigenvalue weighted by molar-refractivity contribution is -0.122. The van der Waals surface area contributed by atoms with Crippen LogP contribution in [0.1, 0.15) is 18.9 Å². The van der Waals surface area contributed by atoms with Crippen molar-refractivity contribution in [2.75, 3.05) is 23.7 Å². The van der Waals surface area contributed by atoms with Gasteiger partial charge in [-0.3, -0.25) is 9.10 Å². The maximum Gasteiger partial charge on any atom is 0.244 e. The Balaban J connectivity index is 2.02. The topological polar surface area (TPSA) is 75.7 Å². The number of carbonyl (C=O) groups is 1. The molecule has 0 aliphatic rings. The van der Waals surface area contributed by atoms with Crippen LogP contribution in [0.25, 0.3) is 0 Å². The van der Waals surface area contributed by atoms with Crippen LogP contribution >= 0.6 is 11.6 Å². The molecule has 0 spiro atoms. The van der Waals surface area contributed by atoms with Gasteiger partial charge < -0.3 is 10.1 Å². The van der Waals surface area contributed by atoms with Crippen LogP contribution < -0.4 is 14.4 Å². The van der Waals surface area contributed by atoms with E-state index >= 15 is 0 Å². The summed E-state index contributed by atoms with van der Waals surface area (Å²) in [5.41, 5.74) is 1.47. The van der Waals surface area contributed by atoms with Gasteiger partial charge in [0, 0.05) is 5.02 Å². The Kier molecular flexibility index (Phi) is 7.71. The van der Waals surface area contributed by atoms with E-state index in [1.54, 1.807) is 43.3 Å². The van der Waals surface area contributed by atoms with E-state index in [1.165, 1.54) is 4.31 Å². The van der Waals surface area contributed by atoms with E-state index in [9.17, 15) is 13.2 Å². The van der Waals surface area contributed by atoms with Crippen LogP contribution in [0.2, 0.25) is 5.02 Å². The SMILES string of the molecule is CC[C@@H](C(=O)NCCOc1ccc(Cl)cc1)N(c1ccc(C)cc1)S(C)(=O)=O. The summed E-state index contributed by atoms with van der Waals surface area (Å²) in [7, 11) is -3.64. The van der Waals surface area contributed by atoms with Crippen molar-refractivity contribution in [2.45, 2.75) is 26.3 Å². The zero-order valence-electron chi connectivity index (χ0n) is 16.2. The monoisotopic (exact) mass is 424 g/mol. The summed E-state index contributed by atoms with van der Waals surface area (Å²) in [6, 6.07) is 13.1. The molecule has 0 saturated carbocycles. The molecular formula is C20H25ClN2O4S. The molecule has 0 aliphatic carbocycles. The first-order valence-corrected chi connectivity index (χ1v) is 11.2. The third kappa shape index (κ3) is 6.14. The summed E-state index contributed by atoms with van der Waals surface area (Å²) in [5, 5.41) is 3.37. The first-order valence-electron chi connectivity index (χ1n) is 8.94. The number of hydrogen-bond acceptors (Lipinski definition) is 4. The first kappa shape index (κ1) is 22.0. The first-order chi connectivity index (χ1) is 13.2. The summed E-state index contributed by atoms with van der Waals surface area (Å²) < 4.78 is 31.5. The van der Waals surface area contributed by atoms with Gasteiger partial charge in [0.15, 0.2) is 0 Å². The third-order valence-electron chi connectivity index (χ3n) is 4.10. The second-order valence-corrected chi connectivity index (χ2v) is 8.71. The predicted octanol–water partition coefficient (Wildman–Crippen LogP) is 3.39. The van der Waals surface area contributed by atoms with Crippen molar-refractivity contribution in [3.05, 3.63) is 59.1 Å². The largest absolute Gasteiger partial charge is 0.492 e. The van der Waals surface area contributed by atoms with Crippen molar-refractivity contribution in [2.24, 2.45) is 0 Å². The number of ether oxygens (including phenoxy) is 1. The number of anilines is 1. The quantitative estimate of drug-likeness (QED) is 0.626. The van der Waals surface area contributed by atoms with Crippen LogP contribution in [0.3, 0.4) is 0 Å². The zero-order valence-corrected chi connectivity index (χ0v) is 17.8. The number of nitrogens with one attached hydrogen (secondary N) is 1. The number of carbonyl (C=O) groups excluding carboxylic acids is 1. The molecule has 1 N–H and O–H groups in total. The van der Waals surface area contributed by atoms with Crippen LogP contribution in [0, 0.1) is 6.92 Å². The number of halogens is 1. The van der Waals surface area contributed by atoms with Gasteiger partial charge in [-0.2, -0.15) is 0 Å². The van der Waals surface area contributed by atoms with E-state index in [-0.39, 0.29) is 19.1 Å². The maximum absolute atomic E-state index is 12.7. The number of hydrogen-bond donors (Lipinski definition) is 1. The van der Waals surface area contributed by atoms with Gasteiger partial charge in [0.05, 0.1) is 18.5 Å². The highest BCUT2D eigenvalue weighted by Crippen LogP contribution is 2.23. The lowest BCUT2D eigenvalue weighted by Crippen LogP contribution is -2.50. The molecule has 0 fully saturated rings. The minimum absolute atomic E-state index is 0.253. The Morgan fingerprint density at radius 2 is 1.75 bits per heavy atom. The van der Waals surface area contributed by atoms with Crippen molar-refractivity contribution >= 4 is 33.2 Å². The third-order valence-corrected chi connectivity index (χ3v) is 5.53. The van der Waals surface area contributed by atoms with E-state index < -0.39 is 16.1 Å². The smallest absolute Gasteiger partial charge is 0.244 e. The minimum Gasteiger partial charge on any atom is -0.492 e. The molecule has 1 amide bonds. The number of sulfonamides is 1. The Morgan fingerprint density at radius 3 is 2.29 bits per heavy atom. The number of nitrogens with zero attached hydrogens (tertiary/aromatic N) is 1. The molecule has 0 aromatic heterocycles. The summed E-state index contributed by atoms with van der Waals surface area (Å²) in [5.74, 6) is 0.274. The molecule has 2 rings (SSSR count).